The Bertz CT molecular complexity index is 1090. The van der Waals surface area contributed by atoms with Crippen molar-refractivity contribution in [2.24, 2.45) is 5.92 Å². The van der Waals surface area contributed by atoms with Crippen LogP contribution in [0.5, 0.6) is 0 Å². The Morgan fingerprint density at radius 1 is 1.23 bits per heavy atom. The molecule has 1 aliphatic heterocycles. The number of Topliss-reactive ketones (excluding diaryl/α,β-unsaturated/α-hetero) is 1. The maximum atomic E-state index is 12.6. The van der Waals surface area contributed by atoms with Gasteiger partial charge in [0.05, 0.1) is 11.6 Å². The van der Waals surface area contributed by atoms with Gasteiger partial charge in [-0.3, -0.25) is 9.59 Å². The summed E-state index contributed by atoms with van der Waals surface area (Å²) >= 11 is 0. The van der Waals surface area contributed by atoms with Crippen LogP contribution >= 0.6 is 0 Å². The van der Waals surface area contributed by atoms with E-state index in [1.807, 2.05) is 30.3 Å². The summed E-state index contributed by atoms with van der Waals surface area (Å²) in [6.07, 6.45) is 8.36. The van der Waals surface area contributed by atoms with Crippen LogP contribution in [0, 0.1) is 18.3 Å². The summed E-state index contributed by atoms with van der Waals surface area (Å²) < 4.78 is 5.43. The van der Waals surface area contributed by atoms with Crippen LogP contribution in [0.4, 0.5) is 0 Å². The lowest BCUT2D eigenvalue weighted by Crippen LogP contribution is -2.23. The molecule has 0 radical (unpaired) electrons. The maximum absolute atomic E-state index is 12.6. The number of hydrogen-bond donors (Lipinski definition) is 0. The van der Waals surface area contributed by atoms with Gasteiger partial charge >= 0.3 is 0 Å². The van der Waals surface area contributed by atoms with Gasteiger partial charge in [0.1, 0.15) is 5.58 Å². The fourth-order valence-electron chi connectivity index (χ4n) is 3.58. The van der Waals surface area contributed by atoms with Crippen molar-refractivity contribution in [2.75, 3.05) is 19.6 Å². The fourth-order valence-corrected chi connectivity index (χ4v) is 3.58. The third-order valence-electron chi connectivity index (χ3n) is 5.10. The lowest BCUT2D eigenvalue weighted by molar-refractivity contribution is 0.0968. The van der Waals surface area contributed by atoms with Gasteiger partial charge in [-0.1, -0.05) is 12.1 Å². The zero-order valence-electron chi connectivity index (χ0n) is 14.4. The monoisotopic (exact) mass is 345 g/mol. The molecule has 0 aliphatic carbocycles. The molecule has 1 aliphatic rings. The van der Waals surface area contributed by atoms with Crippen molar-refractivity contribution in [3.63, 3.8) is 0 Å². The van der Waals surface area contributed by atoms with Crippen LogP contribution in [0.3, 0.4) is 0 Å². The van der Waals surface area contributed by atoms with Crippen LogP contribution in [0.1, 0.15) is 23.2 Å². The SMILES string of the molecule is C#CC1CCN(CCC(=O)c2ccc3cc4c(=O)ccoc4cc3c2)C1. The summed E-state index contributed by atoms with van der Waals surface area (Å²) in [7, 11) is 0. The van der Waals surface area contributed by atoms with Crippen molar-refractivity contribution < 1.29 is 9.21 Å². The molecule has 4 heteroatoms. The van der Waals surface area contributed by atoms with E-state index in [4.69, 9.17) is 10.8 Å². The molecule has 1 unspecified atom stereocenters. The van der Waals surface area contributed by atoms with E-state index in [1.54, 1.807) is 0 Å². The Kier molecular flexibility index (Phi) is 4.32. The number of fused-ring (bicyclic) bond motifs is 2. The zero-order chi connectivity index (χ0) is 18.1. The van der Waals surface area contributed by atoms with Gasteiger partial charge in [-0.2, -0.15) is 0 Å². The molecule has 130 valence electrons. The molecule has 0 bridgehead atoms. The van der Waals surface area contributed by atoms with Crippen molar-refractivity contribution in [1.82, 2.24) is 4.90 Å². The number of nitrogens with zero attached hydrogens (tertiary/aromatic N) is 1. The maximum Gasteiger partial charge on any atom is 0.192 e. The van der Waals surface area contributed by atoms with Gasteiger partial charge in [0, 0.05) is 37.1 Å². The first-order chi connectivity index (χ1) is 12.6. The Hall–Kier alpha value is -2.90. The van der Waals surface area contributed by atoms with Crippen molar-refractivity contribution in [2.45, 2.75) is 12.8 Å². The van der Waals surface area contributed by atoms with Crippen LogP contribution in [-0.2, 0) is 0 Å². The Labute approximate surface area is 151 Å². The summed E-state index contributed by atoms with van der Waals surface area (Å²) in [5.74, 6) is 3.22. The number of carbonyl (C=O) groups is 1. The second-order valence-corrected chi connectivity index (χ2v) is 6.82. The summed E-state index contributed by atoms with van der Waals surface area (Å²) in [5.41, 5.74) is 1.15. The highest BCUT2D eigenvalue weighted by Crippen LogP contribution is 2.23. The van der Waals surface area contributed by atoms with Gasteiger partial charge in [0.15, 0.2) is 11.2 Å². The molecule has 0 saturated carbocycles. The van der Waals surface area contributed by atoms with Crippen molar-refractivity contribution in [3.8, 4) is 12.3 Å². The Morgan fingerprint density at radius 3 is 2.92 bits per heavy atom. The van der Waals surface area contributed by atoms with Crippen LogP contribution in [0.25, 0.3) is 21.7 Å². The molecule has 3 aromatic rings. The third-order valence-corrected chi connectivity index (χ3v) is 5.10. The third kappa shape index (κ3) is 3.14. The normalized spacial score (nSPS) is 17.6. The van der Waals surface area contributed by atoms with E-state index in [0.717, 1.165) is 36.8 Å². The van der Waals surface area contributed by atoms with Crippen LogP contribution in [0.15, 0.2) is 51.9 Å². The van der Waals surface area contributed by atoms with Gasteiger partial charge in [-0.15, -0.1) is 12.3 Å². The molecule has 0 N–H and O–H groups in total. The van der Waals surface area contributed by atoms with Crippen LogP contribution in [0.2, 0.25) is 0 Å². The largest absolute Gasteiger partial charge is 0.464 e. The number of carbonyl (C=O) groups excluding carboxylic acids is 1. The number of hydrogen-bond acceptors (Lipinski definition) is 4. The quantitative estimate of drug-likeness (QED) is 0.413. The lowest BCUT2D eigenvalue weighted by atomic mass is 10.0. The minimum Gasteiger partial charge on any atom is -0.464 e. The van der Waals surface area contributed by atoms with E-state index in [-0.39, 0.29) is 11.2 Å². The fraction of sp³-hybridized carbons (Fsp3) is 0.273. The van der Waals surface area contributed by atoms with Gasteiger partial charge in [0.2, 0.25) is 0 Å². The second kappa shape index (κ2) is 6.78. The molecule has 2 aromatic carbocycles. The van der Waals surface area contributed by atoms with Gasteiger partial charge < -0.3 is 9.32 Å². The average molecular weight is 345 g/mol. The minimum absolute atomic E-state index is 0.0656. The predicted molar refractivity (Wildman–Crippen MR) is 102 cm³/mol. The highest BCUT2D eigenvalue weighted by Gasteiger charge is 2.21. The standard InChI is InChI=1S/C22H19NO3/c1-2-15-5-8-23(14-15)9-6-20(24)17-4-3-16-12-19-21(25)7-10-26-22(19)13-18(16)11-17/h1,3-4,7,10-13,15H,5-6,8-9,14H2. The first-order valence-corrected chi connectivity index (χ1v) is 8.81. The van der Waals surface area contributed by atoms with Crippen molar-refractivity contribution >= 4 is 27.5 Å². The molecule has 26 heavy (non-hydrogen) atoms. The second-order valence-electron chi connectivity index (χ2n) is 6.82. The summed E-state index contributed by atoms with van der Waals surface area (Å²) in [6, 6.07) is 10.6. The molecule has 2 heterocycles. The summed E-state index contributed by atoms with van der Waals surface area (Å²) in [4.78, 5) is 26.8. The first-order valence-electron chi connectivity index (χ1n) is 8.81. The molecule has 4 nitrogen and oxygen atoms in total. The van der Waals surface area contributed by atoms with E-state index >= 15 is 0 Å². The number of benzene rings is 2. The predicted octanol–water partition coefficient (Wildman–Crippen LogP) is 3.47. The summed E-state index contributed by atoms with van der Waals surface area (Å²) in [6.45, 7) is 2.58. The Balaban J connectivity index is 1.55. The lowest BCUT2D eigenvalue weighted by Gasteiger charge is -2.14. The molecule has 1 fully saturated rings. The van der Waals surface area contributed by atoms with Crippen LogP contribution < -0.4 is 5.43 Å². The topological polar surface area (TPSA) is 50.5 Å². The number of terminal acetylenes is 1. The van der Waals surface area contributed by atoms with E-state index in [1.165, 1.54) is 12.3 Å². The molecule has 0 spiro atoms. The zero-order valence-corrected chi connectivity index (χ0v) is 14.4. The number of likely N-dealkylation sites (tertiary alicyclic amines) is 1. The highest BCUT2D eigenvalue weighted by atomic mass is 16.3. The van der Waals surface area contributed by atoms with Crippen molar-refractivity contribution in [1.29, 1.82) is 0 Å². The molecular weight excluding hydrogens is 326 g/mol. The highest BCUT2D eigenvalue weighted by molar-refractivity contribution is 6.02. The molecule has 0 amide bonds. The van der Waals surface area contributed by atoms with E-state index in [2.05, 4.69) is 10.8 Å². The molecule has 1 aromatic heterocycles. The number of rotatable bonds is 4. The van der Waals surface area contributed by atoms with Gasteiger partial charge in [-0.25, -0.2) is 0 Å². The first kappa shape index (κ1) is 16.6. The number of ketones is 1. The van der Waals surface area contributed by atoms with Gasteiger partial charge in [-0.05, 0) is 41.9 Å². The summed E-state index contributed by atoms with van der Waals surface area (Å²) in [5, 5.41) is 2.37. The minimum atomic E-state index is -0.0656. The Morgan fingerprint density at radius 2 is 2.12 bits per heavy atom. The van der Waals surface area contributed by atoms with Gasteiger partial charge in [0.25, 0.3) is 0 Å². The molecular formula is C22H19NO3. The van der Waals surface area contributed by atoms with E-state index in [9.17, 15) is 9.59 Å². The van der Waals surface area contributed by atoms with Crippen molar-refractivity contribution in [3.05, 3.63) is 58.4 Å². The average Bonchev–Trinajstić information content (AvgIpc) is 3.13. The molecule has 1 saturated heterocycles. The van der Waals surface area contributed by atoms with E-state index in [0.29, 0.717) is 28.9 Å². The smallest absolute Gasteiger partial charge is 0.192 e. The molecule has 4 rings (SSSR count). The van der Waals surface area contributed by atoms with E-state index < -0.39 is 0 Å². The molecule has 1 atom stereocenters. The van der Waals surface area contributed by atoms with Crippen LogP contribution in [-0.4, -0.2) is 30.3 Å².